The van der Waals surface area contributed by atoms with Crippen LogP contribution in [0.1, 0.15) is 23.7 Å². The number of nitrogens with one attached hydrogen (secondary N) is 1. The fourth-order valence-corrected chi connectivity index (χ4v) is 2.87. The molecule has 0 saturated carbocycles. The Labute approximate surface area is 161 Å². The molecule has 1 amide bonds. The van der Waals surface area contributed by atoms with Crippen LogP contribution in [0.5, 0.6) is 5.75 Å². The van der Waals surface area contributed by atoms with Crippen LogP contribution in [0.15, 0.2) is 36.7 Å². The normalized spacial score (nSPS) is 11.6. The second-order valence-electron chi connectivity index (χ2n) is 6.83. The van der Waals surface area contributed by atoms with Crippen molar-refractivity contribution in [3.8, 4) is 5.75 Å². The van der Waals surface area contributed by atoms with Crippen LogP contribution in [0.2, 0.25) is 0 Å². The van der Waals surface area contributed by atoms with Gasteiger partial charge in [-0.25, -0.2) is 8.78 Å². The lowest BCUT2D eigenvalue weighted by Gasteiger charge is -2.14. The number of aryl methyl sites for hydroxylation is 1. The van der Waals surface area contributed by atoms with Crippen molar-refractivity contribution in [2.75, 3.05) is 13.7 Å². The van der Waals surface area contributed by atoms with Gasteiger partial charge in [0, 0.05) is 31.8 Å². The lowest BCUT2D eigenvalue weighted by Crippen LogP contribution is -2.21. The van der Waals surface area contributed by atoms with Gasteiger partial charge in [-0.2, -0.15) is 5.10 Å². The van der Waals surface area contributed by atoms with Gasteiger partial charge in [0.2, 0.25) is 5.91 Å². The molecule has 0 aliphatic heterocycles. The van der Waals surface area contributed by atoms with E-state index in [0.717, 1.165) is 29.0 Å². The van der Waals surface area contributed by atoms with E-state index in [1.165, 1.54) is 0 Å². The topological polar surface area (TPSA) is 69.0 Å². The Balaban J connectivity index is 1.78. The van der Waals surface area contributed by atoms with Gasteiger partial charge in [-0.15, -0.1) is 0 Å². The molecule has 0 bridgehead atoms. The molecule has 0 unspecified atom stereocenters. The molecular formula is C20H22F2N4O2. The first-order valence-corrected chi connectivity index (χ1v) is 8.87. The van der Waals surface area contributed by atoms with Crippen LogP contribution in [0.25, 0.3) is 10.9 Å². The highest BCUT2D eigenvalue weighted by Gasteiger charge is 2.22. The van der Waals surface area contributed by atoms with Crippen molar-refractivity contribution in [1.29, 1.82) is 0 Å². The number of aromatic nitrogens is 3. The van der Waals surface area contributed by atoms with Gasteiger partial charge in [-0.1, -0.05) is 12.1 Å². The number of ether oxygens (including phenoxy) is 1. The molecule has 1 aromatic carbocycles. The van der Waals surface area contributed by atoms with Crippen molar-refractivity contribution in [1.82, 2.24) is 20.1 Å². The molecule has 0 atom stereocenters. The maximum absolute atomic E-state index is 13.0. The van der Waals surface area contributed by atoms with Crippen molar-refractivity contribution in [3.63, 3.8) is 0 Å². The summed E-state index contributed by atoms with van der Waals surface area (Å²) in [6.07, 6.45) is 3.68. The Kier molecular flexibility index (Phi) is 5.58. The maximum atomic E-state index is 13.0. The summed E-state index contributed by atoms with van der Waals surface area (Å²) in [6, 6.07) is 7.20. The molecule has 2 heterocycles. The zero-order valence-electron chi connectivity index (χ0n) is 16.0. The van der Waals surface area contributed by atoms with Gasteiger partial charge in [-0.05, 0) is 30.2 Å². The molecule has 6 nitrogen and oxygen atoms in total. The molecule has 1 N–H and O–H groups in total. The molecule has 3 aromatic rings. The van der Waals surface area contributed by atoms with Gasteiger partial charge < -0.3 is 10.1 Å². The first-order chi connectivity index (χ1) is 13.2. The molecular weight excluding hydrogens is 366 g/mol. The highest BCUT2D eigenvalue weighted by Crippen LogP contribution is 2.23. The van der Waals surface area contributed by atoms with Gasteiger partial charge in [0.15, 0.2) is 6.61 Å². The second kappa shape index (κ2) is 7.92. The van der Waals surface area contributed by atoms with Crippen LogP contribution in [0, 0.1) is 6.92 Å². The van der Waals surface area contributed by atoms with Crippen molar-refractivity contribution >= 4 is 16.8 Å². The van der Waals surface area contributed by atoms with Crippen LogP contribution in [0.3, 0.4) is 0 Å². The Hall–Kier alpha value is -3.03. The summed E-state index contributed by atoms with van der Waals surface area (Å²) in [6.45, 7) is 2.49. The van der Waals surface area contributed by atoms with Crippen LogP contribution in [-0.2, 0) is 17.8 Å². The SMILES string of the molecule is CNC(=O)Cc1nccc2nn(Cc3ccc(OCC(C)(F)F)c(C)c3)cc12. The molecule has 0 aliphatic carbocycles. The largest absolute Gasteiger partial charge is 0.487 e. The Morgan fingerprint density at radius 2 is 2.11 bits per heavy atom. The molecule has 3 rings (SSSR count). The van der Waals surface area contributed by atoms with E-state index in [1.54, 1.807) is 30.1 Å². The van der Waals surface area contributed by atoms with E-state index in [2.05, 4.69) is 15.4 Å². The van der Waals surface area contributed by atoms with Crippen molar-refractivity contribution in [2.24, 2.45) is 0 Å². The van der Waals surface area contributed by atoms with Crippen LogP contribution in [-0.4, -0.2) is 40.2 Å². The third-order valence-electron chi connectivity index (χ3n) is 4.24. The molecule has 148 valence electrons. The number of pyridine rings is 1. The number of benzene rings is 1. The summed E-state index contributed by atoms with van der Waals surface area (Å²) < 4.78 is 32.9. The molecule has 2 aromatic heterocycles. The Morgan fingerprint density at radius 3 is 2.79 bits per heavy atom. The quantitative estimate of drug-likeness (QED) is 0.675. The summed E-state index contributed by atoms with van der Waals surface area (Å²) in [5.41, 5.74) is 3.17. The summed E-state index contributed by atoms with van der Waals surface area (Å²) in [5.74, 6) is -2.55. The van der Waals surface area contributed by atoms with Crippen molar-refractivity contribution in [2.45, 2.75) is 32.7 Å². The number of likely N-dealkylation sites (N-methyl/N-ethyl adjacent to an activating group) is 1. The number of nitrogens with zero attached hydrogens (tertiary/aromatic N) is 3. The minimum Gasteiger partial charge on any atom is -0.487 e. The number of rotatable bonds is 7. The number of hydrogen-bond acceptors (Lipinski definition) is 4. The number of amides is 1. The summed E-state index contributed by atoms with van der Waals surface area (Å²) in [4.78, 5) is 16.0. The third kappa shape index (κ3) is 4.82. The minimum absolute atomic E-state index is 0.114. The zero-order valence-corrected chi connectivity index (χ0v) is 16.0. The number of hydrogen-bond donors (Lipinski definition) is 1. The smallest absolute Gasteiger partial charge is 0.278 e. The van der Waals surface area contributed by atoms with E-state index in [0.29, 0.717) is 18.0 Å². The lowest BCUT2D eigenvalue weighted by atomic mass is 10.1. The second-order valence-corrected chi connectivity index (χ2v) is 6.83. The fourth-order valence-electron chi connectivity index (χ4n) is 2.87. The Bertz CT molecular complexity index is 996. The van der Waals surface area contributed by atoms with Crippen LogP contribution >= 0.6 is 0 Å². The van der Waals surface area contributed by atoms with Gasteiger partial charge >= 0.3 is 0 Å². The van der Waals surface area contributed by atoms with E-state index < -0.39 is 12.5 Å². The summed E-state index contributed by atoms with van der Waals surface area (Å²) in [5, 5.41) is 7.95. The molecule has 0 aliphatic rings. The third-order valence-corrected chi connectivity index (χ3v) is 4.24. The number of halogens is 2. The first kappa shape index (κ1) is 19.7. The average Bonchev–Trinajstić information content (AvgIpc) is 3.03. The van der Waals surface area contributed by atoms with Crippen molar-refractivity contribution < 1.29 is 18.3 Å². The number of alkyl halides is 2. The predicted octanol–water partition coefficient (Wildman–Crippen LogP) is 3.11. The van der Waals surface area contributed by atoms with E-state index in [1.807, 2.05) is 25.3 Å². The van der Waals surface area contributed by atoms with Gasteiger partial charge in [0.05, 0.1) is 24.2 Å². The zero-order chi connectivity index (χ0) is 20.3. The maximum Gasteiger partial charge on any atom is 0.278 e. The molecule has 0 saturated heterocycles. The standard InChI is InChI=1S/C20H22F2N4O2/c1-13-8-14(4-5-18(13)28-12-20(2,21)22)10-26-11-15-16(25-26)6-7-24-17(15)9-19(27)23-3/h4-8,11H,9-10,12H2,1-3H3,(H,23,27). The lowest BCUT2D eigenvalue weighted by molar-refractivity contribution is -0.119. The molecule has 0 spiro atoms. The van der Waals surface area contributed by atoms with E-state index >= 15 is 0 Å². The Morgan fingerprint density at radius 1 is 1.32 bits per heavy atom. The molecule has 0 fully saturated rings. The predicted molar refractivity (Wildman–Crippen MR) is 102 cm³/mol. The van der Waals surface area contributed by atoms with E-state index in [4.69, 9.17) is 4.74 Å². The highest BCUT2D eigenvalue weighted by atomic mass is 19.3. The molecule has 0 radical (unpaired) electrons. The van der Waals surface area contributed by atoms with E-state index in [9.17, 15) is 13.6 Å². The number of fused-ring (bicyclic) bond motifs is 1. The van der Waals surface area contributed by atoms with E-state index in [-0.39, 0.29) is 12.3 Å². The fraction of sp³-hybridized carbons (Fsp3) is 0.350. The monoisotopic (exact) mass is 388 g/mol. The summed E-state index contributed by atoms with van der Waals surface area (Å²) in [7, 11) is 1.59. The number of carbonyl (C=O) groups is 1. The first-order valence-electron chi connectivity index (χ1n) is 8.87. The molecule has 28 heavy (non-hydrogen) atoms. The number of carbonyl (C=O) groups excluding carboxylic acids is 1. The van der Waals surface area contributed by atoms with Crippen LogP contribution < -0.4 is 10.1 Å². The summed E-state index contributed by atoms with van der Waals surface area (Å²) >= 11 is 0. The van der Waals surface area contributed by atoms with Gasteiger partial charge in [0.25, 0.3) is 5.92 Å². The van der Waals surface area contributed by atoms with Crippen molar-refractivity contribution in [3.05, 3.63) is 53.5 Å². The molecule has 8 heteroatoms. The van der Waals surface area contributed by atoms with Gasteiger partial charge in [0.1, 0.15) is 5.75 Å². The van der Waals surface area contributed by atoms with Gasteiger partial charge in [-0.3, -0.25) is 14.5 Å². The minimum atomic E-state index is -2.87. The average molecular weight is 388 g/mol. The highest BCUT2D eigenvalue weighted by molar-refractivity contribution is 5.86. The van der Waals surface area contributed by atoms with Crippen LogP contribution in [0.4, 0.5) is 8.78 Å².